The Kier molecular flexibility index (Phi) is 6.29. The largest absolute Gasteiger partial charge is 0.452 e. The standard InChI is InChI=1S/C27H23F4N7O3/c1-13(2)37-21-19(9-10-32-24(21)36-26(37)39)40-18-8-7-15(11-17(18)28)35-25-22(41-25)16-12-33-38(23(16)27(29,30)31)20-6-4-5-14(3)34-20/h4-13,22,25,35H,1-3H3,(H,32,36,39). The fourth-order valence-corrected chi connectivity index (χ4v) is 4.69. The number of ether oxygens (including phenoxy) is 2. The lowest BCUT2D eigenvalue weighted by molar-refractivity contribution is -0.143. The molecule has 6 rings (SSSR count). The minimum Gasteiger partial charge on any atom is -0.452 e. The van der Waals surface area contributed by atoms with Crippen LogP contribution in [0.15, 0.2) is 59.7 Å². The minimum atomic E-state index is -4.72. The summed E-state index contributed by atoms with van der Waals surface area (Å²) in [5.41, 5.74) is -0.0192. The summed E-state index contributed by atoms with van der Waals surface area (Å²) in [7, 11) is 0. The molecule has 1 aromatic carbocycles. The Balaban J connectivity index is 1.22. The topological polar surface area (TPSA) is 115 Å². The van der Waals surface area contributed by atoms with E-state index in [4.69, 9.17) is 9.47 Å². The number of nitrogens with one attached hydrogen (secondary N) is 2. The number of anilines is 1. The highest BCUT2D eigenvalue weighted by Crippen LogP contribution is 2.45. The SMILES string of the molecule is Cc1cccc(-n2ncc(C3OC3Nc3ccc(Oc4ccnc5[nH]c(=O)n(C(C)C)c45)c(F)c3)c2C(F)(F)F)n1. The lowest BCUT2D eigenvalue weighted by Crippen LogP contribution is -2.18. The number of fused-ring (bicyclic) bond motifs is 1. The van der Waals surface area contributed by atoms with Gasteiger partial charge in [0, 0.05) is 41.3 Å². The second-order valence-electron chi connectivity index (χ2n) is 9.76. The van der Waals surface area contributed by atoms with E-state index in [1.54, 1.807) is 19.1 Å². The van der Waals surface area contributed by atoms with Crippen LogP contribution in [-0.4, -0.2) is 35.5 Å². The van der Waals surface area contributed by atoms with Crippen molar-refractivity contribution in [2.75, 3.05) is 5.32 Å². The highest BCUT2D eigenvalue weighted by Gasteiger charge is 2.49. The molecule has 0 radical (unpaired) electrons. The number of pyridine rings is 2. The maximum absolute atomic E-state index is 15.1. The third-order valence-corrected chi connectivity index (χ3v) is 6.50. The second kappa shape index (κ2) is 9.73. The summed E-state index contributed by atoms with van der Waals surface area (Å²) in [6, 6.07) is 10.0. The van der Waals surface area contributed by atoms with E-state index in [1.165, 1.54) is 35.0 Å². The number of imidazole rings is 1. The first-order valence-corrected chi connectivity index (χ1v) is 12.6. The summed E-state index contributed by atoms with van der Waals surface area (Å²) >= 11 is 0. The smallest absolute Gasteiger partial charge is 0.433 e. The molecule has 14 heteroatoms. The molecule has 1 saturated heterocycles. The number of benzene rings is 1. The first kappa shape index (κ1) is 26.5. The van der Waals surface area contributed by atoms with Crippen molar-refractivity contribution in [3.8, 4) is 17.3 Å². The second-order valence-corrected chi connectivity index (χ2v) is 9.76. The Morgan fingerprint density at radius 1 is 1.15 bits per heavy atom. The summed E-state index contributed by atoms with van der Waals surface area (Å²) in [6.45, 7) is 5.31. The van der Waals surface area contributed by atoms with Crippen molar-refractivity contribution in [1.82, 2.24) is 29.3 Å². The number of aromatic nitrogens is 6. The van der Waals surface area contributed by atoms with Gasteiger partial charge >= 0.3 is 11.9 Å². The maximum Gasteiger partial charge on any atom is 0.433 e. The number of alkyl halides is 3. The van der Waals surface area contributed by atoms with E-state index in [1.807, 2.05) is 13.8 Å². The first-order chi connectivity index (χ1) is 19.5. The van der Waals surface area contributed by atoms with Gasteiger partial charge in [0.05, 0.1) is 6.20 Å². The molecule has 1 aliphatic heterocycles. The van der Waals surface area contributed by atoms with E-state index in [9.17, 15) is 18.0 Å². The predicted molar refractivity (Wildman–Crippen MR) is 140 cm³/mol. The zero-order valence-corrected chi connectivity index (χ0v) is 21.9. The molecule has 2 N–H and O–H groups in total. The van der Waals surface area contributed by atoms with Crippen molar-refractivity contribution in [3.63, 3.8) is 0 Å². The summed E-state index contributed by atoms with van der Waals surface area (Å²) in [6.07, 6.45) is -3.99. The van der Waals surface area contributed by atoms with Gasteiger partial charge in [-0.25, -0.2) is 23.8 Å². The van der Waals surface area contributed by atoms with Gasteiger partial charge in [0.2, 0.25) is 0 Å². The van der Waals surface area contributed by atoms with E-state index >= 15 is 4.39 Å². The van der Waals surface area contributed by atoms with Crippen LogP contribution in [0, 0.1) is 12.7 Å². The normalized spacial score (nSPS) is 16.9. The van der Waals surface area contributed by atoms with Crippen molar-refractivity contribution < 1.29 is 27.0 Å². The number of hydrogen-bond acceptors (Lipinski definition) is 7. The molecule has 1 fully saturated rings. The van der Waals surface area contributed by atoms with Gasteiger partial charge < -0.3 is 14.8 Å². The molecule has 5 aromatic rings. The molecule has 4 aromatic heterocycles. The zero-order valence-electron chi connectivity index (χ0n) is 21.9. The molecule has 0 spiro atoms. The van der Waals surface area contributed by atoms with Gasteiger partial charge in [-0.2, -0.15) is 18.3 Å². The van der Waals surface area contributed by atoms with Gasteiger partial charge in [-0.1, -0.05) is 6.07 Å². The van der Waals surface area contributed by atoms with Crippen LogP contribution in [0.1, 0.15) is 42.9 Å². The molecule has 0 saturated carbocycles. The van der Waals surface area contributed by atoms with Crippen LogP contribution >= 0.6 is 0 Å². The van der Waals surface area contributed by atoms with Crippen LogP contribution in [0.2, 0.25) is 0 Å². The van der Waals surface area contributed by atoms with Crippen molar-refractivity contribution in [1.29, 1.82) is 0 Å². The van der Waals surface area contributed by atoms with E-state index < -0.39 is 30.0 Å². The quantitative estimate of drug-likeness (QED) is 0.192. The van der Waals surface area contributed by atoms with E-state index in [0.717, 1.165) is 16.9 Å². The fraction of sp³-hybridized carbons (Fsp3) is 0.259. The molecule has 5 heterocycles. The number of aromatic amines is 1. The van der Waals surface area contributed by atoms with E-state index in [-0.39, 0.29) is 40.3 Å². The molecule has 212 valence electrons. The Bertz CT molecular complexity index is 1830. The van der Waals surface area contributed by atoms with Crippen molar-refractivity contribution in [2.45, 2.75) is 45.3 Å². The van der Waals surface area contributed by atoms with Gasteiger partial charge in [-0.3, -0.25) is 9.55 Å². The fourth-order valence-electron chi connectivity index (χ4n) is 4.69. The Morgan fingerprint density at radius 2 is 1.95 bits per heavy atom. The number of nitrogens with zero attached hydrogens (tertiary/aromatic N) is 5. The average Bonchev–Trinajstić information content (AvgIpc) is 3.34. The number of epoxide rings is 1. The van der Waals surface area contributed by atoms with Crippen molar-refractivity contribution >= 4 is 16.9 Å². The number of rotatable bonds is 7. The van der Waals surface area contributed by atoms with Gasteiger partial charge in [0.15, 0.2) is 40.7 Å². The summed E-state index contributed by atoms with van der Waals surface area (Å²) in [5, 5.41) is 6.82. The third kappa shape index (κ3) is 4.90. The Hall–Kier alpha value is -4.72. The van der Waals surface area contributed by atoms with Crippen LogP contribution in [-0.2, 0) is 10.9 Å². The highest BCUT2D eigenvalue weighted by atomic mass is 19.4. The molecule has 0 amide bonds. The molecule has 1 aliphatic rings. The molecule has 10 nitrogen and oxygen atoms in total. The van der Waals surface area contributed by atoms with Crippen LogP contribution in [0.25, 0.3) is 17.0 Å². The number of aryl methyl sites for hydroxylation is 1. The summed E-state index contributed by atoms with van der Waals surface area (Å²) in [4.78, 5) is 23.3. The summed E-state index contributed by atoms with van der Waals surface area (Å²) < 4.78 is 70.7. The van der Waals surface area contributed by atoms with Gasteiger partial charge in [0.1, 0.15) is 11.6 Å². The predicted octanol–water partition coefficient (Wildman–Crippen LogP) is 5.65. The van der Waals surface area contributed by atoms with Crippen LogP contribution < -0.4 is 15.7 Å². The van der Waals surface area contributed by atoms with Gasteiger partial charge in [-0.15, -0.1) is 0 Å². The summed E-state index contributed by atoms with van der Waals surface area (Å²) in [5.74, 6) is -0.595. The monoisotopic (exact) mass is 569 g/mol. The zero-order chi connectivity index (χ0) is 29.1. The molecular weight excluding hydrogens is 546 g/mol. The van der Waals surface area contributed by atoms with Crippen LogP contribution in [0.5, 0.6) is 11.5 Å². The van der Waals surface area contributed by atoms with Crippen LogP contribution in [0.4, 0.5) is 23.2 Å². The minimum absolute atomic E-state index is 0.0305. The average molecular weight is 570 g/mol. The first-order valence-electron chi connectivity index (χ1n) is 12.6. The molecular formula is C27H23F4N7O3. The highest BCUT2D eigenvalue weighted by molar-refractivity contribution is 5.78. The molecule has 0 aliphatic carbocycles. The lowest BCUT2D eigenvalue weighted by atomic mass is 10.1. The molecule has 2 unspecified atom stereocenters. The molecule has 0 bridgehead atoms. The Labute approximate surface area is 229 Å². The lowest BCUT2D eigenvalue weighted by Gasteiger charge is -2.13. The molecule has 41 heavy (non-hydrogen) atoms. The van der Waals surface area contributed by atoms with E-state index in [2.05, 4.69) is 25.4 Å². The van der Waals surface area contributed by atoms with Crippen molar-refractivity contribution in [3.05, 3.63) is 88.1 Å². The number of halogens is 4. The Morgan fingerprint density at radius 3 is 2.66 bits per heavy atom. The van der Waals surface area contributed by atoms with Crippen molar-refractivity contribution in [2.24, 2.45) is 0 Å². The number of hydrogen-bond donors (Lipinski definition) is 2. The maximum atomic E-state index is 15.1. The van der Waals surface area contributed by atoms with Crippen LogP contribution in [0.3, 0.4) is 0 Å². The number of H-pyrrole nitrogens is 1. The van der Waals surface area contributed by atoms with E-state index in [0.29, 0.717) is 16.9 Å². The third-order valence-electron chi connectivity index (χ3n) is 6.50. The van der Waals surface area contributed by atoms with Gasteiger partial charge in [-0.05, 0) is 45.0 Å². The molecule has 2 atom stereocenters. The van der Waals surface area contributed by atoms with Gasteiger partial charge in [0.25, 0.3) is 0 Å².